The maximum absolute atomic E-state index is 12.5. The average Bonchev–Trinajstić information content (AvgIpc) is 2.74. The Labute approximate surface area is 183 Å². The molecule has 0 saturated heterocycles. The van der Waals surface area contributed by atoms with Crippen molar-refractivity contribution >= 4 is 31.6 Å². The molecule has 0 unspecified atom stereocenters. The number of hydrogen-bond acceptors (Lipinski definition) is 10. The molecule has 1 aliphatic rings. The van der Waals surface area contributed by atoms with E-state index in [-0.39, 0.29) is 25.7 Å². The number of hydrogen-bond donors (Lipinski definition) is 0. The average molecular weight is 486 g/mol. The van der Waals surface area contributed by atoms with Crippen LogP contribution in [0.2, 0.25) is 0 Å². The molecule has 32 heavy (non-hydrogen) atoms. The number of para-hydroxylation sites is 2. The molecule has 0 N–H and O–H groups in total. The fourth-order valence-electron chi connectivity index (χ4n) is 3.33. The van der Waals surface area contributed by atoms with Gasteiger partial charge < -0.3 is 0 Å². The summed E-state index contributed by atoms with van der Waals surface area (Å²) in [7, 11) is -8.84. The fraction of sp³-hybridized carbons (Fsp3) is 0.333. The van der Waals surface area contributed by atoms with Crippen LogP contribution in [0.15, 0.2) is 58.3 Å². The summed E-state index contributed by atoms with van der Waals surface area (Å²) in [5.74, 6) is 0. The monoisotopic (exact) mass is 486 g/mol. The van der Waals surface area contributed by atoms with Crippen LogP contribution >= 0.6 is 0 Å². The third-order valence-electron chi connectivity index (χ3n) is 4.81. The lowest BCUT2D eigenvalue weighted by molar-refractivity contribution is -0.388. The summed E-state index contributed by atoms with van der Waals surface area (Å²) in [5.41, 5.74) is -1.22. The number of nitrogens with zero attached hydrogens (tertiary/aromatic N) is 2. The predicted molar refractivity (Wildman–Crippen MR) is 109 cm³/mol. The van der Waals surface area contributed by atoms with Gasteiger partial charge >= 0.3 is 20.2 Å². The Morgan fingerprint density at radius 2 is 0.969 bits per heavy atom. The standard InChI is InChI=1S/C18H18N2O10S2/c21-19(22)15-5-1-3-7-17(15)31(25,26)29-13-9-11-14(12-10-13)30-32(27,28)18-8-4-2-6-16(18)20(23)24/h1-8,13-14H,9-12H2. The summed E-state index contributed by atoms with van der Waals surface area (Å²) in [6, 6.07) is 9.57. The molecule has 1 saturated carbocycles. The van der Waals surface area contributed by atoms with Crippen LogP contribution in [0.1, 0.15) is 25.7 Å². The van der Waals surface area contributed by atoms with Gasteiger partial charge in [0, 0.05) is 12.1 Å². The second-order valence-electron chi connectivity index (χ2n) is 6.95. The van der Waals surface area contributed by atoms with E-state index in [4.69, 9.17) is 8.37 Å². The molecule has 1 aliphatic carbocycles. The molecule has 0 spiro atoms. The van der Waals surface area contributed by atoms with Gasteiger partial charge in [-0.25, -0.2) is 0 Å². The van der Waals surface area contributed by atoms with Crippen molar-refractivity contribution in [3.05, 3.63) is 68.8 Å². The highest BCUT2D eigenvalue weighted by Crippen LogP contribution is 2.32. The normalized spacial score (nSPS) is 19.4. The Morgan fingerprint density at radius 3 is 1.28 bits per heavy atom. The third-order valence-corrected chi connectivity index (χ3v) is 7.63. The molecule has 14 heteroatoms. The van der Waals surface area contributed by atoms with E-state index in [1.807, 2.05) is 0 Å². The van der Waals surface area contributed by atoms with Crippen LogP contribution in [0, 0.1) is 20.2 Å². The zero-order chi connectivity index (χ0) is 23.5. The lowest BCUT2D eigenvalue weighted by Crippen LogP contribution is -2.30. The number of rotatable bonds is 8. The highest BCUT2D eigenvalue weighted by atomic mass is 32.2. The molecule has 0 radical (unpaired) electrons. The molecule has 0 amide bonds. The van der Waals surface area contributed by atoms with Gasteiger partial charge in [-0.15, -0.1) is 0 Å². The summed E-state index contributed by atoms with van der Waals surface area (Å²) in [6.45, 7) is 0. The largest absolute Gasteiger partial charge is 0.304 e. The maximum atomic E-state index is 12.5. The molecule has 1 fully saturated rings. The van der Waals surface area contributed by atoms with E-state index < -0.39 is 63.5 Å². The molecule has 0 atom stereocenters. The van der Waals surface area contributed by atoms with Crippen molar-refractivity contribution in [1.82, 2.24) is 0 Å². The zero-order valence-corrected chi connectivity index (χ0v) is 18.0. The van der Waals surface area contributed by atoms with Gasteiger partial charge in [-0.05, 0) is 37.8 Å². The molecular formula is C18H18N2O10S2. The molecule has 0 bridgehead atoms. The Hall–Kier alpha value is -2.94. The van der Waals surface area contributed by atoms with Crippen molar-refractivity contribution in [1.29, 1.82) is 0 Å². The van der Waals surface area contributed by atoms with E-state index in [9.17, 15) is 37.1 Å². The summed E-state index contributed by atoms with van der Waals surface area (Å²) in [6.07, 6.45) is -1.22. The van der Waals surface area contributed by atoms with E-state index in [1.165, 1.54) is 24.3 Å². The lowest BCUT2D eigenvalue weighted by atomic mass is 9.95. The number of nitro groups is 2. The van der Waals surface area contributed by atoms with Gasteiger partial charge in [-0.2, -0.15) is 16.8 Å². The molecule has 0 aromatic heterocycles. The molecule has 0 heterocycles. The van der Waals surface area contributed by atoms with Crippen molar-refractivity contribution < 1.29 is 35.0 Å². The van der Waals surface area contributed by atoms with E-state index in [2.05, 4.69) is 0 Å². The fourth-order valence-corrected chi connectivity index (χ4v) is 5.92. The number of nitro benzene ring substituents is 2. The Kier molecular flexibility index (Phi) is 6.88. The Bertz CT molecular complexity index is 1140. The van der Waals surface area contributed by atoms with Crippen molar-refractivity contribution in [3.8, 4) is 0 Å². The van der Waals surface area contributed by atoms with Gasteiger partial charge in [0.1, 0.15) is 0 Å². The van der Waals surface area contributed by atoms with Crippen LogP contribution in [0.25, 0.3) is 0 Å². The quantitative estimate of drug-likeness (QED) is 0.306. The lowest BCUT2D eigenvalue weighted by Gasteiger charge is -2.27. The van der Waals surface area contributed by atoms with Crippen molar-refractivity contribution in [3.63, 3.8) is 0 Å². The van der Waals surface area contributed by atoms with Crippen LogP contribution in [-0.2, 0) is 28.6 Å². The minimum atomic E-state index is -4.42. The molecule has 2 aromatic rings. The Morgan fingerprint density at radius 1 is 0.656 bits per heavy atom. The summed E-state index contributed by atoms with van der Waals surface area (Å²) in [4.78, 5) is 19.4. The van der Waals surface area contributed by atoms with Crippen LogP contribution in [0.4, 0.5) is 11.4 Å². The molecule has 172 valence electrons. The van der Waals surface area contributed by atoms with Crippen molar-refractivity contribution in [2.24, 2.45) is 0 Å². The van der Waals surface area contributed by atoms with Gasteiger partial charge in [0.15, 0.2) is 9.79 Å². The van der Waals surface area contributed by atoms with E-state index >= 15 is 0 Å². The minimum Gasteiger partial charge on any atom is -0.263 e. The van der Waals surface area contributed by atoms with Crippen LogP contribution < -0.4 is 0 Å². The van der Waals surface area contributed by atoms with Gasteiger partial charge in [-0.3, -0.25) is 28.6 Å². The first kappa shape index (κ1) is 23.7. The molecule has 12 nitrogen and oxygen atoms in total. The predicted octanol–water partition coefficient (Wildman–Crippen LogP) is 2.93. The van der Waals surface area contributed by atoms with E-state index in [0.717, 1.165) is 24.3 Å². The first-order chi connectivity index (χ1) is 15.0. The number of benzene rings is 2. The van der Waals surface area contributed by atoms with Crippen LogP contribution in [-0.4, -0.2) is 38.9 Å². The first-order valence-electron chi connectivity index (χ1n) is 9.34. The smallest absolute Gasteiger partial charge is 0.263 e. The van der Waals surface area contributed by atoms with Gasteiger partial charge in [0.2, 0.25) is 0 Å². The maximum Gasteiger partial charge on any atom is 0.304 e. The van der Waals surface area contributed by atoms with Crippen molar-refractivity contribution in [2.75, 3.05) is 0 Å². The second-order valence-corrected chi connectivity index (χ2v) is 10.0. The van der Waals surface area contributed by atoms with Gasteiger partial charge in [0.25, 0.3) is 11.4 Å². The molecular weight excluding hydrogens is 468 g/mol. The summed E-state index contributed by atoms with van der Waals surface area (Å²) in [5, 5.41) is 22.2. The Balaban J connectivity index is 1.66. The topological polar surface area (TPSA) is 173 Å². The van der Waals surface area contributed by atoms with Crippen molar-refractivity contribution in [2.45, 2.75) is 47.7 Å². The van der Waals surface area contributed by atoms with E-state index in [1.54, 1.807) is 0 Å². The molecule has 0 aliphatic heterocycles. The minimum absolute atomic E-state index is 0.108. The highest BCUT2D eigenvalue weighted by Gasteiger charge is 2.34. The first-order valence-corrected chi connectivity index (χ1v) is 12.2. The van der Waals surface area contributed by atoms with E-state index in [0.29, 0.717) is 0 Å². The third kappa shape index (κ3) is 5.27. The molecule has 3 rings (SSSR count). The van der Waals surface area contributed by atoms with Gasteiger partial charge in [-0.1, -0.05) is 24.3 Å². The van der Waals surface area contributed by atoms with Crippen LogP contribution in [0.3, 0.4) is 0 Å². The SMILES string of the molecule is O=[N+]([O-])c1ccccc1S(=O)(=O)OC1CCC(OS(=O)(=O)c2ccccc2[N+](=O)[O-])CC1. The summed E-state index contributed by atoms with van der Waals surface area (Å²) >= 11 is 0. The van der Waals surface area contributed by atoms with Crippen LogP contribution in [0.5, 0.6) is 0 Å². The zero-order valence-electron chi connectivity index (χ0n) is 16.4. The second kappa shape index (κ2) is 9.28. The highest BCUT2D eigenvalue weighted by molar-refractivity contribution is 7.87. The summed E-state index contributed by atoms with van der Waals surface area (Å²) < 4.78 is 60.3. The van der Waals surface area contributed by atoms with Gasteiger partial charge in [0.05, 0.1) is 22.1 Å². The molecule has 2 aromatic carbocycles.